The molecule has 1 atom stereocenters. The Bertz CT molecular complexity index is 631. The van der Waals surface area contributed by atoms with Gasteiger partial charge in [-0.25, -0.2) is 4.79 Å². The highest BCUT2D eigenvalue weighted by atomic mass is 35.5. The first-order chi connectivity index (χ1) is 9.52. The maximum atomic E-state index is 11.3. The molecule has 4 nitrogen and oxygen atoms in total. The van der Waals surface area contributed by atoms with E-state index in [2.05, 4.69) is 4.98 Å². The number of halogens is 1. The highest BCUT2D eigenvalue weighted by Gasteiger charge is 2.19. The van der Waals surface area contributed by atoms with E-state index in [0.717, 1.165) is 5.56 Å². The topological polar surface area (TPSA) is 53.4 Å². The second-order valence-electron chi connectivity index (χ2n) is 4.51. The third-order valence-electron chi connectivity index (χ3n) is 3.34. The average Bonchev–Trinajstić information content (AvgIpc) is 2.46. The highest BCUT2D eigenvalue weighted by Crippen LogP contribution is 2.31. The van der Waals surface area contributed by atoms with E-state index in [-0.39, 0.29) is 11.6 Å². The van der Waals surface area contributed by atoms with Gasteiger partial charge in [-0.1, -0.05) is 29.8 Å². The maximum Gasteiger partial charge on any atom is 0.339 e. The predicted molar refractivity (Wildman–Crippen MR) is 79.5 cm³/mol. The van der Waals surface area contributed by atoms with Crippen molar-refractivity contribution in [2.75, 3.05) is 11.9 Å². The third kappa shape index (κ3) is 2.75. The first kappa shape index (κ1) is 14.3. The molecule has 0 aliphatic carbocycles. The number of carboxylic acid groups (broad SMARTS) is 1. The number of hydrogen-bond donors (Lipinski definition) is 1. The van der Waals surface area contributed by atoms with Crippen LogP contribution in [0.3, 0.4) is 0 Å². The fraction of sp³-hybridized carbons (Fsp3) is 0.200. The molecule has 1 aromatic heterocycles. The first-order valence-electron chi connectivity index (χ1n) is 6.17. The van der Waals surface area contributed by atoms with Crippen LogP contribution in [0.15, 0.2) is 42.7 Å². The second-order valence-corrected chi connectivity index (χ2v) is 4.91. The second kappa shape index (κ2) is 5.92. The number of carbonyl (C=O) groups is 1. The lowest BCUT2D eigenvalue weighted by atomic mass is 10.1. The zero-order valence-corrected chi connectivity index (χ0v) is 12.0. The minimum Gasteiger partial charge on any atom is -0.478 e. The Hall–Kier alpha value is -2.07. The van der Waals surface area contributed by atoms with Crippen LogP contribution in [-0.2, 0) is 0 Å². The van der Waals surface area contributed by atoms with E-state index in [1.165, 1.54) is 6.20 Å². The van der Waals surface area contributed by atoms with Crippen molar-refractivity contribution < 1.29 is 9.90 Å². The predicted octanol–water partition coefficient (Wildman–Crippen LogP) is 3.63. The van der Waals surface area contributed by atoms with Gasteiger partial charge in [0.05, 0.1) is 11.7 Å². The summed E-state index contributed by atoms with van der Waals surface area (Å²) in [6.45, 7) is 1.98. The van der Waals surface area contributed by atoms with E-state index in [4.69, 9.17) is 11.6 Å². The van der Waals surface area contributed by atoms with Crippen LogP contribution in [0.4, 0.5) is 5.69 Å². The molecule has 1 unspecified atom stereocenters. The molecular formula is C15H15ClN2O2. The lowest BCUT2D eigenvalue weighted by Gasteiger charge is -2.29. The molecule has 0 radical (unpaired) electrons. The Morgan fingerprint density at radius 3 is 2.70 bits per heavy atom. The summed E-state index contributed by atoms with van der Waals surface area (Å²) in [5.74, 6) is -0.994. The zero-order chi connectivity index (χ0) is 14.7. The molecule has 0 fully saturated rings. The van der Waals surface area contributed by atoms with Gasteiger partial charge in [-0.05, 0) is 24.6 Å². The number of benzene rings is 1. The van der Waals surface area contributed by atoms with E-state index in [9.17, 15) is 9.90 Å². The monoisotopic (exact) mass is 290 g/mol. The molecule has 20 heavy (non-hydrogen) atoms. The summed E-state index contributed by atoms with van der Waals surface area (Å²) in [6, 6.07) is 9.18. The van der Waals surface area contributed by atoms with Gasteiger partial charge < -0.3 is 10.0 Å². The Kier molecular flexibility index (Phi) is 4.25. The SMILES string of the molecule is CC(c1ccccc1Cl)N(C)c1ccncc1C(=O)O. The summed E-state index contributed by atoms with van der Waals surface area (Å²) in [4.78, 5) is 17.0. The van der Waals surface area contributed by atoms with Crippen LogP contribution in [0.1, 0.15) is 28.9 Å². The normalized spacial score (nSPS) is 11.9. The van der Waals surface area contributed by atoms with E-state index in [1.807, 2.05) is 43.1 Å². The molecule has 5 heteroatoms. The molecule has 0 aliphatic heterocycles. The average molecular weight is 291 g/mol. The fourth-order valence-electron chi connectivity index (χ4n) is 2.09. The van der Waals surface area contributed by atoms with Crippen LogP contribution < -0.4 is 4.90 Å². The van der Waals surface area contributed by atoms with Crippen molar-refractivity contribution in [1.82, 2.24) is 4.98 Å². The molecule has 1 N–H and O–H groups in total. The van der Waals surface area contributed by atoms with E-state index >= 15 is 0 Å². The summed E-state index contributed by atoms with van der Waals surface area (Å²) in [5.41, 5.74) is 1.73. The minimum atomic E-state index is -0.994. The van der Waals surface area contributed by atoms with Gasteiger partial charge in [0.1, 0.15) is 5.56 Å². The largest absolute Gasteiger partial charge is 0.478 e. The number of hydrogen-bond acceptors (Lipinski definition) is 3. The number of anilines is 1. The summed E-state index contributed by atoms with van der Waals surface area (Å²) in [7, 11) is 1.84. The molecule has 2 aromatic rings. The van der Waals surface area contributed by atoms with Crippen molar-refractivity contribution in [3.05, 3.63) is 58.9 Å². The number of aromatic nitrogens is 1. The van der Waals surface area contributed by atoms with Gasteiger partial charge in [0.15, 0.2) is 0 Å². The van der Waals surface area contributed by atoms with Crippen molar-refractivity contribution in [3.63, 3.8) is 0 Å². The fourth-order valence-corrected chi connectivity index (χ4v) is 2.38. The Morgan fingerprint density at radius 2 is 2.05 bits per heavy atom. The molecule has 0 spiro atoms. The van der Waals surface area contributed by atoms with Gasteiger partial charge in [0.25, 0.3) is 0 Å². The molecule has 0 aliphatic rings. The van der Waals surface area contributed by atoms with Crippen molar-refractivity contribution in [3.8, 4) is 0 Å². The summed E-state index contributed by atoms with van der Waals surface area (Å²) in [5, 5.41) is 9.89. The lowest BCUT2D eigenvalue weighted by Crippen LogP contribution is -2.24. The number of rotatable bonds is 4. The Balaban J connectivity index is 2.39. The van der Waals surface area contributed by atoms with Crippen molar-refractivity contribution in [1.29, 1.82) is 0 Å². The smallest absolute Gasteiger partial charge is 0.339 e. The highest BCUT2D eigenvalue weighted by molar-refractivity contribution is 6.31. The van der Waals surface area contributed by atoms with Gasteiger partial charge in [-0.3, -0.25) is 4.98 Å². The minimum absolute atomic E-state index is 0.0517. The van der Waals surface area contributed by atoms with Crippen LogP contribution in [0, 0.1) is 0 Å². The number of pyridine rings is 1. The molecule has 1 aromatic carbocycles. The summed E-state index contributed by atoms with van der Waals surface area (Å²) in [6.07, 6.45) is 2.94. The van der Waals surface area contributed by atoms with Gasteiger partial charge in [0.2, 0.25) is 0 Å². The third-order valence-corrected chi connectivity index (χ3v) is 3.69. The van der Waals surface area contributed by atoms with Crippen molar-refractivity contribution in [2.45, 2.75) is 13.0 Å². The van der Waals surface area contributed by atoms with Crippen LogP contribution in [0.5, 0.6) is 0 Å². The molecule has 2 rings (SSSR count). The van der Waals surface area contributed by atoms with Crippen molar-refractivity contribution in [2.24, 2.45) is 0 Å². The van der Waals surface area contributed by atoms with E-state index in [0.29, 0.717) is 10.7 Å². The van der Waals surface area contributed by atoms with Crippen molar-refractivity contribution >= 4 is 23.3 Å². The molecule has 0 amide bonds. The first-order valence-corrected chi connectivity index (χ1v) is 6.54. The van der Waals surface area contributed by atoms with E-state index < -0.39 is 5.97 Å². The molecular weight excluding hydrogens is 276 g/mol. The molecule has 0 bridgehead atoms. The number of nitrogens with zero attached hydrogens (tertiary/aromatic N) is 2. The molecule has 0 saturated heterocycles. The maximum absolute atomic E-state index is 11.3. The lowest BCUT2D eigenvalue weighted by molar-refractivity contribution is 0.0697. The van der Waals surface area contributed by atoms with Crippen LogP contribution in [-0.4, -0.2) is 23.1 Å². The van der Waals surface area contributed by atoms with Gasteiger partial charge in [-0.2, -0.15) is 0 Å². The van der Waals surface area contributed by atoms with Crippen LogP contribution >= 0.6 is 11.6 Å². The van der Waals surface area contributed by atoms with E-state index in [1.54, 1.807) is 12.3 Å². The van der Waals surface area contributed by atoms with Gasteiger partial charge in [0, 0.05) is 24.5 Å². The molecule has 1 heterocycles. The molecule has 0 saturated carbocycles. The van der Waals surface area contributed by atoms with Gasteiger partial charge in [-0.15, -0.1) is 0 Å². The van der Waals surface area contributed by atoms with Gasteiger partial charge >= 0.3 is 5.97 Å². The summed E-state index contributed by atoms with van der Waals surface area (Å²) >= 11 is 6.20. The standard InChI is InChI=1S/C15H15ClN2O2/c1-10(11-5-3-4-6-13(11)16)18(2)14-7-8-17-9-12(14)15(19)20/h3-10H,1-2H3,(H,19,20). The van der Waals surface area contributed by atoms with Crippen LogP contribution in [0.2, 0.25) is 5.02 Å². The Labute approximate surface area is 122 Å². The molecule has 104 valence electrons. The number of aromatic carboxylic acids is 1. The number of carboxylic acids is 1. The van der Waals surface area contributed by atoms with Crippen LogP contribution in [0.25, 0.3) is 0 Å². The quantitative estimate of drug-likeness (QED) is 0.934. The summed E-state index contributed by atoms with van der Waals surface area (Å²) < 4.78 is 0. The zero-order valence-electron chi connectivity index (χ0n) is 11.2. The Morgan fingerprint density at radius 1 is 1.35 bits per heavy atom.